The number of hydrogen-bond donors (Lipinski definition) is 4. The molecule has 1 fully saturated rings. The van der Waals surface area contributed by atoms with Gasteiger partial charge in [-0.25, -0.2) is 18.4 Å². The number of morpholine rings is 1. The molecule has 0 aliphatic carbocycles. The number of carboxylic acids is 1. The summed E-state index contributed by atoms with van der Waals surface area (Å²) in [6.07, 6.45) is 2.59. The number of unbranched alkanes of at least 4 members (excludes halogenated alkanes) is 2. The minimum atomic E-state index is -1.40. The van der Waals surface area contributed by atoms with E-state index in [9.17, 15) is 28.6 Å². The Bertz CT molecular complexity index is 1040. The molecule has 2 amide bonds. The van der Waals surface area contributed by atoms with Crippen molar-refractivity contribution in [1.82, 2.24) is 14.6 Å². The molecule has 1 aromatic heterocycles. The van der Waals surface area contributed by atoms with Crippen LogP contribution < -0.4 is 15.4 Å². The molecule has 1 aliphatic heterocycles. The molecular weight excluding hydrogens is 510 g/mol. The fraction of sp³-hybridized carbons (Fsp3) is 0.542. The lowest BCUT2D eigenvalue weighted by Crippen LogP contribution is -2.40. The van der Waals surface area contributed by atoms with Crippen molar-refractivity contribution in [2.45, 2.75) is 45.3 Å². The third kappa shape index (κ3) is 8.88. The number of aliphatic hydroxyl groups excluding tert-OH is 1. The summed E-state index contributed by atoms with van der Waals surface area (Å²) >= 11 is 0.689. The lowest BCUT2D eigenvalue weighted by Gasteiger charge is -2.28. The second-order valence-electron chi connectivity index (χ2n) is 8.79. The summed E-state index contributed by atoms with van der Waals surface area (Å²) in [5.41, 5.74) is -0.351. The molecule has 37 heavy (non-hydrogen) atoms. The zero-order chi connectivity index (χ0) is 26.8. The highest BCUT2D eigenvalue weighted by Crippen LogP contribution is 2.31. The molecule has 1 saturated heterocycles. The summed E-state index contributed by atoms with van der Waals surface area (Å²) in [7, 11) is 0. The van der Waals surface area contributed by atoms with Crippen LogP contribution in [0, 0.1) is 18.6 Å². The number of carboxylic acid groups (broad SMARTS) is 1. The van der Waals surface area contributed by atoms with Crippen LogP contribution in [0.25, 0.3) is 0 Å². The van der Waals surface area contributed by atoms with Crippen LogP contribution in [0.1, 0.15) is 47.2 Å². The zero-order valence-corrected chi connectivity index (χ0v) is 21.4. The summed E-state index contributed by atoms with van der Waals surface area (Å²) in [5, 5.41) is 24.7. The molecular formula is C24H32F2N4O6S. The van der Waals surface area contributed by atoms with E-state index < -0.39 is 41.9 Å². The third-order valence-corrected chi connectivity index (χ3v) is 6.56. The van der Waals surface area contributed by atoms with Crippen molar-refractivity contribution in [2.75, 3.05) is 44.7 Å². The molecule has 10 nitrogen and oxygen atoms in total. The monoisotopic (exact) mass is 542 g/mol. The number of halogens is 2. The SMILES string of the molecule is Cc1cc(F)c(COc2nsc(NC(=O)NCCCCCC(O)CN3CCOCC3)c2C(=O)O)c(F)c1. The van der Waals surface area contributed by atoms with Gasteiger partial charge in [-0.1, -0.05) is 12.8 Å². The molecule has 1 atom stereocenters. The number of hydrogen-bond acceptors (Lipinski definition) is 8. The van der Waals surface area contributed by atoms with Crippen molar-refractivity contribution in [1.29, 1.82) is 0 Å². The van der Waals surface area contributed by atoms with Crippen LogP contribution in [0.4, 0.5) is 18.6 Å². The van der Waals surface area contributed by atoms with E-state index in [4.69, 9.17) is 9.47 Å². The van der Waals surface area contributed by atoms with Gasteiger partial charge in [-0.2, -0.15) is 4.37 Å². The molecule has 4 N–H and O–H groups in total. The highest BCUT2D eigenvalue weighted by Gasteiger charge is 2.24. The maximum Gasteiger partial charge on any atom is 0.344 e. The summed E-state index contributed by atoms with van der Waals surface area (Å²) in [5.74, 6) is -3.37. The second-order valence-corrected chi connectivity index (χ2v) is 9.56. The average molecular weight is 543 g/mol. The zero-order valence-electron chi connectivity index (χ0n) is 20.6. The maximum absolute atomic E-state index is 14.0. The molecule has 0 bridgehead atoms. The minimum absolute atomic E-state index is 0.0592. The van der Waals surface area contributed by atoms with E-state index in [0.29, 0.717) is 56.2 Å². The number of β-amino-alcohol motifs (C(OH)–C–C–N with tert-alkyl or cyclic N) is 1. The van der Waals surface area contributed by atoms with Gasteiger partial charge in [0.05, 0.1) is 24.9 Å². The number of nitrogens with zero attached hydrogens (tertiary/aromatic N) is 2. The summed E-state index contributed by atoms with van der Waals surface area (Å²) < 4.78 is 42.5. The van der Waals surface area contributed by atoms with Gasteiger partial charge in [-0.3, -0.25) is 10.2 Å². The number of aromatic carboxylic acids is 1. The number of anilines is 1. The Kier molecular flexibility index (Phi) is 11.0. The van der Waals surface area contributed by atoms with Gasteiger partial charge in [-0.05, 0) is 49.0 Å². The van der Waals surface area contributed by atoms with Crippen LogP contribution in [0.3, 0.4) is 0 Å². The minimum Gasteiger partial charge on any atom is -0.477 e. The lowest BCUT2D eigenvalue weighted by atomic mass is 10.1. The van der Waals surface area contributed by atoms with Crippen LogP contribution in [0.2, 0.25) is 0 Å². The van der Waals surface area contributed by atoms with Crippen LogP contribution in [0.15, 0.2) is 12.1 Å². The molecule has 1 aliphatic rings. The predicted molar refractivity (Wildman–Crippen MR) is 133 cm³/mol. The molecule has 3 rings (SSSR count). The van der Waals surface area contributed by atoms with Crippen molar-refractivity contribution in [2.24, 2.45) is 0 Å². The Morgan fingerprint density at radius 1 is 1.22 bits per heavy atom. The molecule has 2 heterocycles. The van der Waals surface area contributed by atoms with Crippen LogP contribution >= 0.6 is 11.5 Å². The Hall–Kier alpha value is -2.87. The number of ether oxygens (including phenoxy) is 2. The fourth-order valence-corrected chi connectivity index (χ4v) is 4.58. The van der Waals surface area contributed by atoms with E-state index in [-0.39, 0.29) is 16.4 Å². The average Bonchev–Trinajstić information content (AvgIpc) is 3.23. The molecule has 2 aromatic rings. The molecule has 0 saturated carbocycles. The van der Waals surface area contributed by atoms with E-state index in [0.717, 1.165) is 38.1 Å². The third-order valence-electron chi connectivity index (χ3n) is 5.81. The number of aryl methyl sites for hydroxylation is 1. The summed E-state index contributed by atoms with van der Waals surface area (Å²) in [6.45, 7) is 5.02. The van der Waals surface area contributed by atoms with E-state index in [2.05, 4.69) is 19.9 Å². The summed E-state index contributed by atoms with van der Waals surface area (Å²) in [4.78, 5) is 26.1. The van der Waals surface area contributed by atoms with E-state index in [1.54, 1.807) is 6.92 Å². The first-order chi connectivity index (χ1) is 17.7. The number of amides is 2. The molecule has 204 valence electrons. The van der Waals surface area contributed by atoms with E-state index in [1.165, 1.54) is 0 Å². The maximum atomic E-state index is 14.0. The topological polar surface area (TPSA) is 133 Å². The van der Waals surface area contributed by atoms with Gasteiger partial charge >= 0.3 is 12.0 Å². The first-order valence-corrected chi connectivity index (χ1v) is 12.8. The van der Waals surface area contributed by atoms with Gasteiger partial charge in [0.25, 0.3) is 0 Å². The van der Waals surface area contributed by atoms with Gasteiger partial charge in [0, 0.05) is 26.2 Å². The molecule has 0 radical (unpaired) electrons. The largest absolute Gasteiger partial charge is 0.477 e. The first kappa shape index (κ1) is 28.7. The Balaban J connectivity index is 1.40. The number of rotatable bonds is 13. The second kappa shape index (κ2) is 14.2. The number of aromatic nitrogens is 1. The number of urea groups is 1. The first-order valence-electron chi connectivity index (χ1n) is 12.1. The number of carbonyl (C=O) groups is 2. The van der Waals surface area contributed by atoms with Crippen LogP contribution in [-0.2, 0) is 11.3 Å². The van der Waals surface area contributed by atoms with Gasteiger partial charge in [0.2, 0.25) is 5.88 Å². The molecule has 13 heteroatoms. The van der Waals surface area contributed by atoms with Gasteiger partial charge in [0.1, 0.15) is 23.2 Å². The lowest BCUT2D eigenvalue weighted by molar-refractivity contribution is 0.0127. The highest BCUT2D eigenvalue weighted by atomic mass is 32.1. The van der Waals surface area contributed by atoms with Crippen molar-refractivity contribution < 1.29 is 38.1 Å². The normalized spacial score (nSPS) is 14.8. The van der Waals surface area contributed by atoms with Crippen LogP contribution in [-0.4, -0.2) is 77.0 Å². The van der Waals surface area contributed by atoms with Crippen molar-refractivity contribution in [3.63, 3.8) is 0 Å². The smallest absolute Gasteiger partial charge is 0.344 e. The van der Waals surface area contributed by atoms with Crippen molar-refractivity contribution >= 4 is 28.5 Å². The van der Waals surface area contributed by atoms with Crippen molar-refractivity contribution in [3.8, 4) is 5.88 Å². The Morgan fingerprint density at radius 2 is 1.92 bits per heavy atom. The van der Waals surface area contributed by atoms with Gasteiger partial charge in [-0.15, -0.1) is 0 Å². The highest BCUT2D eigenvalue weighted by molar-refractivity contribution is 7.11. The Labute approximate surface area is 217 Å². The van der Waals surface area contributed by atoms with E-state index >= 15 is 0 Å². The van der Waals surface area contributed by atoms with Crippen LogP contribution in [0.5, 0.6) is 5.88 Å². The molecule has 1 unspecified atom stereocenters. The van der Waals surface area contributed by atoms with Crippen molar-refractivity contribution in [3.05, 3.63) is 40.5 Å². The number of benzene rings is 1. The fourth-order valence-electron chi connectivity index (χ4n) is 3.86. The molecule has 0 spiro atoms. The number of carbonyl (C=O) groups excluding carboxylic acids is 1. The predicted octanol–water partition coefficient (Wildman–Crippen LogP) is 3.38. The quantitative estimate of drug-likeness (QED) is 0.283. The standard InChI is InChI=1S/C24H32F2N4O6S/c1-15-11-18(25)17(19(26)12-15)14-36-21-20(23(32)33)22(37-29-21)28-24(34)27-6-4-2-3-5-16(31)13-30-7-9-35-10-8-30/h11-12,16,31H,2-10,13-14H2,1H3,(H,32,33)(H2,27,28,34). The van der Waals surface area contributed by atoms with Gasteiger partial charge < -0.3 is 25.0 Å². The van der Waals surface area contributed by atoms with E-state index in [1.807, 2.05) is 0 Å². The Morgan fingerprint density at radius 3 is 2.59 bits per heavy atom. The van der Waals surface area contributed by atoms with Gasteiger partial charge in [0.15, 0.2) is 5.56 Å². The summed E-state index contributed by atoms with van der Waals surface area (Å²) in [6, 6.07) is 1.68. The number of nitrogens with one attached hydrogen (secondary N) is 2. The molecule has 1 aromatic carbocycles. The number of aliphatic hydroxyl groups is 1.